The lowest BCUT2D eigenvalue weighted by atomic mass is 9.89. The van der Waals surface area contributed by atoms with Gasteiger partial charge in [0, 0.05) is 30.2 Å². The third kappa shape index (κ3) is 4.78. The maximum Gasteiger partial charge on any atom is 0.251 e. The summed E-state index contributed by atoms with van der Waals surface area (Å²) in [5, 5.41) is 3.22. The van der Waals surface area contributed by atoms with Crippen LogP contribution in [-0.2, 0) is 6.54 Å². The highest BCUT2D eigenvalue weighted by Gasteiger charge is 2.35. The number of amides is 1. The van der Waals surface area contributed by atoms with Crippen molar-refractivity contribution >= 4 is 5.91 Å². The largest absolute Gasteiger partial charge is 0.497 e. The van der Waals surface area contributed by atoms with Crippen LogP contribution in [0.4, 0.5) is 0 Å². The average Bonchev–Trinajstić information content (AvgIpc) is 2.73. The first-order chi connectivity index (χ1) is 14.4. The molecular weight excluding hydrogens is 376 g/mol. The molecule has 5 nitrogen and oxygen atoms in total. The number of hydrogen-bond donors (Lipinski definition) is 1. The number of carbonyl (C=O) groups excluding carboxylic acids is 1. The van der Waals surface area contributed by atoms with Gasteiger partial charge >= 0.3 is 0 Å². The molecule has 2 aromatic rings. The summed E-state index contributed by atoms with van der Waals surface area (Å²) in [5.74, 6) is 1.47. The molecule has 0 bridgehead atoms. The molecule has 0 radical (unpaired) electrons. The number of nitrogens with one attached hydrogen (secondary N) is 1. The molecule has 1 fully saturated rings. The summed E-state index contributed by atoms with van der Waals surface area (Å²) in [6, 6.07) is 13.7. The summed E-state index contributed by atoms with van der Waals surface area (Å²) in [6.45, 7) is 7.40. The second kappa shape index (κ2) is 8.68. The van der Waals surface area contributed by atoms with Crippen LogP contribution in [0, 0.1) is 0 Å². The van der Waals surface area contributed by atoms with Crippen molar-refractivity contribution in [3.8, 4) is 11.5 Å². The van der Waals surface area contributed by atoms with E-state index in [1.807, 2.05) is 44.2 Å². The zero-order valence-corrected chi connectivity index (χ0v) is 18.2. The Kier molecular flexibility index (Phi) is 6.00. The minimum atomic E-state index is -0.365. The van der Waals surface area contributed by atoms with Crippen molar-refractivity contribution in [3.05, 3.63) is 59.2 Å². The average molecular weight is 409 g/mol. The smallest absolute Gasteiger partial charge is 0.251 e. The first-order valence-corrected chi connectivity index (χ1v) is 10.9. The zero-order chi connectivity index (χ0) is 21.1. The van der Waals surface area contributed by atoms with Crippen molar-refractivity contribution in [1.29, 1.82) is 0 Å². The highest BCUT2D eigenvalue weighted by Crippen LogP contribution is 2.41. The van der Waals surface area contributed by atoms with Crippen LogP contribution in [0.25, 0.3) is 0 Å². The molecule has 4 rings (SSSR count). The van der Waals surface area contributed by atoms with E-state index in [0.29, 0.717) is 12.0 Å². The highest BCUT2D eigenvalue weighted by molar-refractivity contribution is 5.94. The molecule has 0 spiro atoms. The Morgan fingerprint density at radius 2 is 1.87 bits per heavy atom. The number of likely N-dealkylation sites (tertiary alicyclic amines) is 1. The Morgan fingerprint density at radius 1 is 1.13 bits per heavy atom. The number of carbonyl (C=O) groups is 1. The predicted molar refractivity (Wildman–Crippen MR) is 118 cm³/mol. The molecule has 1 amide bonds. The third-order valence-electron chi connectivity index (χ3n) is 6.05. The SMILES string of the molecule is COc1ccc2c(c1)OC(C)(C)CC2NC(=O)c1ccc(CN2CCCCC2)cc1. The van der Waals surface area contributed by atoms with Gasteiger partial charge in [0.05, 0.1) is 13.2 Å². The number of methoxy groups -OCH3 is 1. The number of ether oxygens (including phenoxy) is 2. The summed E-state index contributed by atoms with van der Waals surface area (Å²) in [7, 11) is 1.64. The first kappa shape index (κ1) is 20.7. The van der Waals surface area contributed by atoms with Gasteiger partial charge < -0.3 is 14.8 Å². The molecule has 0 saturated carbocycles. The fraction of sp³-hybridized carbons (Fsp3) is 0.480. The number of benzene rings is 2. The van der Waals surface area contributed by atoms with E-state index >= 15 is 0 Å². The number of nitrogens with zero attached hydrogens (tertiary/aromatic N) is 1. The van der Waals surface area contributed by atoms with Gasteiger partial charge in [-0.05, 0) is 69.6 Å². The van der Waals surface area contributed by atoms with E-state index in [1.54, 1.807) is 7.11 Å². The van der Waals surface area contributed by atoms with Crippen LogP contribution in [0.15, 0.2) is 42.5 Å². The van der Waals surface area contributed by atoms with Crippen LogP contribution in [-0.4, -0.2) is 36.6 Å². The number of rotatable bonds is 5. The van der Waals surface area contributed by atoms with Crippen molar-refractivity contribution in [2.24, 2.45) is 0 Å². The van der Waals surface area contributed by atoms with E-state index in [1.165, 1.54) is 37.9 Å². The summed E-state index contributed by atoms with van der Waals surface area (Å²) in [4.78, 5) is 15.5. The molecule has 2 aromatic carbocycles. The molecule has 0 aliphatic carbocycles. The number of hydrogen-bond acceptors (Lipinski definition) is 4. The van der Waals surface area contributed by atoms with Gasteiger partial charge in [0.1, 0.15) is 17.1 Å². The first-order valence-electron chi connectivity index (χ1n) is 10.9. The molecule has 2 heterocycles. The van der Waals surface area contributed by atoms with E-state index in [0.717, 1.165) is 23.6 Å². The van der Waals surface area contributed by atoms with E-state index in [9.17, 15) is 4.79 Å². The van der Waals surface area contributed by atoms with Crippen molar-refractivity contribution < 1.29 is 14.3 Å². The molecule has 5 heteroatoms. The Hall–Kier alpha value is -2.53. The Morgan fingerprint density at radius 3 is 2.57 bits per heavy atom. The maximum atomic E-state index is 13.0. The van der Waals surface area contributed by atoms with Gasteiger partial charge in [-0.1, -0.05) is 18.6 Å². The summed E-state index contributed by atoms with van der Waals surface area (Å²) < 4.78 is 11.5. The molecule has 160 valence electrons. The van der Waals surface area contributed by atoms with Crippen molar-refractivity contribution in [1.82, 2.24) is 10.2 Å². The Balaban J connectivity index is 1.45. The quantitative estimate of drug-likeness (QED) is 0.778. The van der Waals surface area contributed by atoms with Crippen LogP contribution in [0.5, 0.6) is 11.5 Å². The van der Waals surface area contributed by atoms with Gasteiger partial charge in [0.25, 0.3) is 5.91 Å². The monoisotopic (exact) mass is 408 g/mol. The van der Waals surface area contributed by atoms with Crippen LogP contribution >= 0.6 is 0 Å². The van der Waals surface area contributed by atoms with Crippen LogP contribution in [0.2, 0.25) is 0 Å². The lowest BCUT2D eigenvalue weighted by Crippen LogP contribution is -2.41. The lowest BCUT2D eigenvalue weighted by Gasteiger charge is -2.38. The fourth-order valence-electron chi connectivity index (χ4n) is 4.47. The fourth-order valence-corrected chi connectivity index (χ4v) is 4.47. The molecule has 0 aromatic heterocycles. The minimum absolute atomic E-state index is 0.0519. The van der Waals surface area contributed by atoms with E-state index in [2.05, 4.69) is 22.3 Å². The Bertz CT molecular complexity index is 886. The minimum Gasteiger partial charge on any atom is -0.497 e. The summed E-state index contributed by atoms with van der Waals surface area (Å²) in [5.41, 5.74) is 2.58. The maximum absolute atomic E-state index is 13.0. The van der Waals surface area contributed by atoms with Gasteiger partial charge in [0.15, 0.2) is 0 Å². The van der Waals surface area contributed by atoms with Crippen molar-refractivity contribution in [3.63, 3.8) is 0 Å². The Labute approximate surface area is 179 Å². The molecule has 1 unspecified atom stereocenters. The van der Waals surface area contributed by atoms with E-state index in [-0.39, 0.29) is 17.6 Å². The highest BCUT2D eigenvalue weighted by atomic mass is 16.5. The number of fused-ring (bicyclic) bond motifs is 1. The lowest BCUT2D eigenvalue weighted by molar-refractivity contribution is 0.0617. The van der Waals surface area contributed by atoms with Gasteiger partial charge in [-0.15, -0.1) is 0 Å². The van der Waals surface area contributed by atoms with Crippen LogP contribution in [0.3, 0.4) is 0 Å². The molecular formula is C25H32N2O3. The van der Waals surface area contributed by atoms with Crippen LogP contribution in [0.1, 0.15) is 67.1 Å². The molecule has 2 aliphatic rings. The van der Waals surface area contributed by atoms with Gasteiger partial charge in [-0.3, -0.25) is 9.69 Å². The summed E-state index contributed by atoms with van der Waals surface area (Å²) >= 11 is 0. The third-order valence-corrected chi connectivity index (χ3v) is 6.05. The van der Waals surface area contributed by atoms with Crippen molar-refractivity contribution in [2.75, 3.05) is 20.2 Å². The topological polar surface area (TPSA) is 50.8 Å². The molecule has 2 aliphatic heterocycles. The van der Waals surface area contributed by atoms with Crippen LogP contribution < -0.4 is 14.8 Å². The second-order valence-corrected chi connectivity index (χ2v) is 9.03. The molecule has 1 atom stereocenters. The molecule has 1 N–H and O–H groups in total. The van der Waals surface area contributed by atoms with E-state index in [4.69, 9.17) is 9.47 Å². The molecule has 1 saturated heterocycles. The van der Waals surface area contributed by atoms with Crippen molar-refractivity contribution in [2.45, 2.75) is 57.7 Å². The number of piperidine rings is 1. The predicted octanol–water partition coefficient (Wildman–Crippen LogP) is 4.71. The van der Waals surface area contributed by atoms with Gasteiger partial charge in [0.2, 0.25) is 0 Å². The van der Waals surface area contributed by atoms with Gasteiger partial charge in [-0.2, -0.15) is 0 Å². The summed E-state index contributed by atoms with van der Waals surface area (Å²) in [6.07, 6.45) is 4.63. The standard InChI is InChI=1S/C25H32N2O3/c1-25(2)16-22(21-12-11-20(29-3)15-23(21)30-25)26-24(28)19-9-7-18(8-10-19)17-27-13-5-4-6-14-27/h7-12,15,22H,4-6,13-14,16-17H2,1-3H3,(H,26,28). The second-order valence-electron chi connectivity index (χ2n) is 9.03. The molecule has 30 heavy (non-hydrogen) atoms. The zero-order valence-electron chi connectivity index (χ0n) is 18.2. The van der Waals surface area contributed by atoms with Gasteiger partial charge in [-0.25, -0.2) is 0 Å². The van der Waals surface area contributed by atoms with E-state index < -0.39 is 0 Å². The normalized spacial score (nSPS) is 20.7.